The van der Waals surface area contributed by atoms with E-state index >= 15 is 0 Å². The minimum Gasteiger partial charge on any atom is -0.358 e. The zero-order chi connectivity index (χ0) is 3.54. The van der Waals surface area contributed by atoms with Gasteiger partial charge in [0.05, 0.1) is 0 Å². The van der Waals surface area contributed by atoms with Crippen LogP contribution in [0.1, 0.15) is 0 Å². The molecule has 0 nitrogen and oxygen atoms in total. The van der Waals surface area contributed by atoms with Crippen LogP contribution in [0.3, 0.4) is 0 Å². The monoisotopic (exact) mass is 317 g/mol. The summed E-state index contributed by atoms with van der Waals surface area (Å²) in [4.78, 5) is 0. The van der Waals surface area contributed by atoms with Crippen LogP contribution >= 0.6 is 0 Å². The van der Waals surface area contributed by atoms with E-state index in [1.54, 1.807) is 0 Å². The minimum atomic E-state index is 0. The minimum absolute atomic E-state index is 0. The molecule has 61 valence electrons. The third-order valence-corrected chi connectivity index (χ3v) is 0.556. The Labute approximate surface area is 80.1 Å². The molecule has 1 radical (unpaired) electrons. The second kappa shape index (κ2) is 23.1. The van der Waals surface area contributed by atoms with Gasteiger partial charge in [-0.2, -0.15) is 18.2 Å². The van der Waals surface area contributed by atoms with Crippen molar-refractivity contribution in [2.75, 3.05) is 0 Å². The molecule has 0 atom stereocenters. The molecule has 0 N–H and O–H groups in total. The second-order valence-electron chi connectivity index (χ2n) is 0.962. The Bertz CT molecular complexity index is 61.2. The van der Waals surface area contributed by atoms with E-state index in [4.69, 9.17) is 0 Å². The van der Waals surface area contributed by atoms with E-state index in [1.807, 2.05) is 30.3 Å². The van der Waals surface area contributed by atoms with Gasteiger partial charge < -0.3 is 29.7 Å². The Balaban J connectivity index is -0.0000000167. The van der Waals surface area contributed by atoms with E-state index in [-0.39, 0.29) is 49.5 Å². The first-order valence-electron chi connectivity index (χ1n) is 1.67. The predicted octanol–water partition coefficient (Wildman–Crippen LogP) is 3.20. The molecule has 0 aromatic heterocycles. The quantitative estimate of drug-likeness (QED) is 0.645. The first-order valence-corrected chi connectivity index (χ1v) is 1.67. The summed E-state index contributed by atoms with van der Waals surface area (Å²) in [6.07, 6.45) is 0. The largest absolute Gasteiger partial charge is 5.00 e. The van der Waals surface area contributed by atoms with Crippen LogP contribution in [0.25, 0.3) is 0 Å². The van der Waals surface area contributed by atoms with E-state index in [0.717, 1.165) is 0 Å². The first-order chi connectivity index (χ1) is 2.50. The molecule has 0 bridgehead atoms. The van der Waals surface area contributed by atoms with E-state index in [0.29, 0.717) is 0 Å². The van der Waals surface area contributed by atoms with Crippen LogP contribution < -0.4 is 0 Å². The summed E-state index contributed by atoms with van der Waals surface area (Å²) in [5.74, 6) is 0. The summed E-state index contributed by atoms with van der Waals surface area (Å²) >= 11 is 0. The molecule has 0 saturated carbocycles. The van der Waals surface area contributed by atoms with Crippen LogP contribution in [0.2, 0.25) is 0 Å². The molecule has 0 unspecified atom stereocenters. The fourth-order valence-electron chi connectivity index (χ4n) is 0.321. The van der Waals surface area contributed by atoms with Crippen LogP contribution in [-0.2, 0) is 19.8 Å². The normalized spacial score (nSPS) is 4.00. The Kier molecular flexibility index (Phi) is 74.8. The molecule has 1 heteroatoms. The Morgan fingerprint density at radius 2 is 1.00 bits per heavy atom. The summed E-state index contributed by atoms with van der Waals surface area (Å²) in [5.41, 5.74) is 0. The fraction of sp³-hybridized carbons (Fsp3) is 0. The van der Waals surface area contributed by atoms with Crippen LogP contribution in [0.4, 0.5) is 0 Å². The molecule has 0 saturated heterocycles. The van der Waals surface area contributed by atoms with Gasteiger partial charge >= 0.3 is 19.8 Å². The molecule has 0 fully saturated rings. The Morgan fingerprint density at radius 3 is 1.10 bits per heavy atom. The van der Waals surface area contributed by atoms with Crippen molar-refractivity contribution in [2.24, 2.45) is 0 Å². The maximum Gasteiger partial charge on any atom is 5.00 e. The molecular formula is C9H17Os. The molecule has 0 aliphatic heterocycles. The summed E-state index contributed by atoms with van der Waals surface area (Å²) in [6.45, 7) is 0. The maximum atomic E-state index is 2.00. The van der Waals surface area contributed by atoms with E-state index < -0.39 is 0 Å². The van der Waals surface area contributed by atoms with E-state index in [9.17, 15) is 0 Å². The molecule has 0 aliphatic carbocycles. The van der Waals surface area contributed by atoms with E-state index in [2.05, 4.69) is 0 Å². The Morgan fingerprint density at radius 1 is 0.700 bits per heavy atom. The SMILES string of the molecule is [CH3-].[CH3-].[CH3-].[CH3-].[Os+5].c1cc[cH-]c1. The average Bonchev–Trinajstić information content (AvgIpc) is 1.76. The maximum absolute atomic E-state index is 2.00. The van der Waals surface area contributed by atoms with Crippen molar-refractivity contribution in [2.45, 2.75) is 0 Å². The molecule has 10 heavy (non-hydrogen) atoms. The molecule has 1 aromatic carbocycles. The van der Waals surface area contributed by atoms with Crippen molar-refractivity contribution < 1.29 is 19.8 Å². The van der Waals surface area contributed by atoms with Gasteiger partial charge in [0.1, 0.15) is 0 Å². The van der Waals surface area contributed by atoms with Gasteiger partial charge in [0.15, 0.2) is 0 Å². The summed E-state index contributed by atoms with van der Waals surface area (Å²) in [5, 5.41) is 0. The van der Waals surface area contributed by atoms with Crippen LogP contribution in [-0.4, -0.2) is 0 Å². The standard InChI is InChI=1S/C5H5.4CH3.Os/c1-2-4-5-3-1;;;;;/h1-5H;4*1H3;/q5*-1;+5. The van der Waals surface area contributed by atoms with Crippen molar-refractivity contribution in [1.29, 1.82) is 0 Å². The van der Waals surface area contributed by atoms with Crippen molar-refractivity contribution in [3.63, 3.8) is 0 Å². The molecule has 1 aromatic rings. The molecular weight excluding hydrogens is 298 g/mol. The van der Waals surface area contributed by atoms with Crippen molar-refractivity contribution in [3.05, 3.63) is 60.0 Å². The number of rotatable bonds is 0. The van der Waals surface area contributed by atoms with Crippen molar-refractivity contribution in [1.82, 2.24) is 0 Å². The van der Waals surface area contributed by atoms with Crippen molar-refractivity contribution in [3.8, 4) is 0 Å². The van der Waals surface area contributed by atoms with Crippen molar-refractivity contribution >= 4 is 0 Å². The van der Waals surface area contributed by atoms with Crippen LogP contribution in [0.5, 0.6) is 0 Å². The smallest absolute Gasteiger partial charge is 0.358 e. The van der Waals surface area contributed by atoms with Gasteiger partial charge in [-0.3, -0.25) is 0 Å². The molecule has 0 aliphatic rings. The Hall–Kier alpha value is -0.0136. The van der Waals surface area contributed by atoms with Gasteiger partial charge in [-0.05, 0) is 0 Å². The first kappa shape index (κ1) is 32.4. The number of hydrogen-bond donors (Lipinski definition) is 0. The third-order valence-electron chi connectivity index (χ3n) is 0.556. The molecule has 0 heterocycles. The van der Waals surface area contributed by atoms with Gasteiger partial charge in [-0.25, -0.2) is 12.1 Å². The topological polar surface area (TPSA) is 0 Å². The second-order valence-corrected chi connectivity index (χ2v) is 0.962. The zero-order valence-electron chi connectivity index (χ0n) is 7.24. The van der Waals surface area contributed by atoms with Gasteiger partial charge in [-0.15, -0.1) is 0 Å². The summed E-state index contributed by atoms with van der Waals surface area (Å²) in [7, 11) is 0. The van der Waals surface area contributed by atoms with E-state index in [1.165, 1.54) is 0 Å². The molecule has 0 spiro atoms. The van der Waals surface area contributed by atoms with Crippen LogP contribution in [0.15, 0.2) is 30.3 Å². The summed E-state index contributed by atoms with van der Waals surface area (Å²) < 4.78 is 0. The van der Waals surface area contributed by atoms with Crippen LogP contribution in [0, 0.1) is 29.7 Å². The molecule has 0 amide bonds. The number of hydrogen-bond acceptors (Lipinski definition) is 0. The third kappa shape index (κ3) is 15.7. The summed E-state index contributed by atoms with van der Waals surface area (Å²) in [6, 6.07) is 10.0. The molecule has 1 rings (SSSR count). The van der Waals surface area contributed by atoms with Gasteiger partial charge in [0, 0.05) is 0 Å². The average molecular weight is 315 g/mol. The zero-order valence-corrected chi connectivity index (χ0v) is 9.78. The predicted molar refractivity (Wildman–Crippen MR) is 47.7 cm³/mol. The fourth-order valence-corrected chi connectivity index (χ4v) is 0.321. The van der Waals surface area contributed by atoms with Gasteiger partial charge in [0.2, 0.25) is 0 Å². The van der Waals surface area contributed by atoms with Gasteiger partial charge in [0.25, 0.3) is 0 Å². The van der Waals surface area contributed by atoms with Gasteiger partial charge in [-0.1, -0.05) is 0 Å².